The highest BCUT2D eigenvalue weighted by Crippen LogP contribution is 2.34. The summed E-state index contributed by atoms with van der Waals surface area (Å²) in [5.74, 6) is 1.21. The molecule has 1 saturated carbocycles. The first kappa shape index (κ1) is 12.4. The zero-order valence-electron chi connectivity index (χ0n) is 9.70. The van der Waals surface area contributed by atoms with Gasteiger partial charge < -0.3 is 5.11 Å². The standard InChI is InChI=1S/C14H19IO/c1-10-3-2-4-13(10)14(16)9-11-5-7-12(15)8-6-11/h5-8,10,13-14,16H,2-4,9H2,1H3. The number of rotatable bonds is 3. The van der Waals surface area contributed by atoms with Crippen LogP contribution in [0.5, 0.6) is 0 Å². The van der Waals surface area contributed by atoms with E-state index >= 15 is 0 Å². The van der Waals surface area contributed by atoms with Crippen molar-refractivity contribution in [2.45, 2.75) is 38.7 Å². The highest BCUT2D eigenvalue weighted by Gasteiger charge is 2.29. The van der Waals surface area contributed by atoms with Crippen molar-refractivity contribution in [3.05, 3.63) is 33.4 Å². The molecule has 0 bridgehead atoms. The third kappa shape index (κ3) is 2.98. The lowest BCUT2D eigenvalue weighted by Gasteiger charge is -2.22. The largest absolute Gasteiger partial charge is 0.392 e. The molecule has 0 aromatic heterocycles. The Morgan fingerprint density at radius 3 is 2.56 bits per heavy atom. The molecular weight excluding hydrogens is 311 g/mol. The van der Waals surface area contributed by atoms with Crippen LogP contribution in [0, 0.1) is 15.4 Å². The highest BCUT2D eigenvalue weighted by molar-refractivity contribution is 14.1. The molecule has 16 heavy (non-hydrogen) atoms. The van der Waals surface area contributed by atoms with Crippen LogP contribution in [0.3, 0.4) is 0 Å². The average Bonchev–Trinajstić information content (AvgIpc) is 2.68. The zero-order chi connectivity index (χ0) is 11.5. The van der Waals surface area contributed by atoms with Crippen LogP contribution in [0.25, 0.3) is 0 Å². The summed E-state index contributed by atoms with van der Waals surface area (Å²) in [7, 11) is 0. The maximum Gasteiger partial charge on any atom is 0.0611 e. The summed E-state index contributed by atoms with van der Waals surface area (Å²) in [4.78, 5) is 0. The third-order valence-electron chi connectivity index (χ3n) is 3.78. The summed E-state index contributed by atoms with van der Waals surface area (Å²) in [5, 5.41) is 10.2. The molecule has 1 fully saturated rings. The average molecular weight is 330 g/mol. The monoisotopic (exact) mass is 330 g/mol. The van der Waals surface area contributed by atoms with Crippen LogP contribution in [0.4, 0.5) is 0 Å². The molecule has 0 spiro atoms. The summed E-state index contributed by atoms with van der Waals surface area (Å²) >= 11 is 2.31. The summed E-state index contributed by atoms with van der Waals surface area (Å²) < 4.78 is 1.25. The van der Waals surface area contributed by atoms with E-state index in [1.807, 2.05) is 0 Å². The quantitative estimate of drug-likeness (QED) is 0.839. The second-order valence-electron chi connectivity index (χ2n) is 4.97. The van der Waals surface area contributed by atoms with Gasteiger partial charge in [0.25, 0.3) is 0 Å². The molecule has 88 valence electrons. The fourth-order valence-electron chi connectivity index (χ4n) is 2.76. The fraction of sp³-hybridized carbons (Fsp3) is 0.571. The number of benzene rings is 1. The molecule has 1 aromatic carbocycles. The van der Waals surface area contributed by atoms with Gasteiger partial charge in [0.05, 0.1) is 6.10 Å². The van der Waals surface area contributed by atoms with Gasteiger partial charge >= 0.3 is 0 Å². The summed E-state index contributed by atoms with van der Waals surface area (Å²) in [6.07, 6.45) is 4.43. The van der Waals surface area contributed by atoms with Crippen molar-refractivity contribution in [3.8, 4) is 0 Å². The molecule has 0 saturated heterocycles. The van der Waals surface area contributed by atoms with Crippen LogP contribution in [0.15, 0.2) is 24.3 Å². The molecule has 0 heterocycles. The van der Waals surface area contributed by atoms with Crippen LogP contribution in [0.1, 0.15) is 31.7 Å². The van der Waals surface area contributed by atoms with Crippen molar-refractivity contribution in [3.63, 3.8) is 0 Å². The maximum absolute atomic E-state index is 10.2. The van der Waals surface area contributed by atoms with E-state index < -0.39 is 0 Å². The van der Waals surface area contributed by atoms with Gasteiger partial charge in [-0.05, 0) is 65.0 Å². The number of hydrogen-bond acceptors (Lipinski definition) is 1. The Morgan fingerprint density at radius 2 is 2.00 bits per heavy atom. The van der Waals surface area contributed by atoms with E-state index in [0.29, 0.717) is 11.8 Å². The van der Waals surface area contributed by atoms with Crippen LogP contribution < -0.4 is 0 Å². The second-order valence-corrected chi connectivity index (χ2v) is 6.22. The Hall–Kier alpha value is -0.0900. The molecule has 3 unspecified atom stereocenters. The van der Waals surface area contributed by atoms with Gasteiger partial charge in [-0.2, -0.15) is 0 Å². The van der Waals surface area contributed by atoms with Gasteiger partial charge in [-0.3, -0.25) is 0 Å². The van der Waals surface area contributed by atoms with Gasteiger partial charge in [-0.15, -0.1) is 0 Å². The van der Waals surface area contributed by atoms with Crippen molar-refractivity contribution in [1.29, 1.82) is 0 Å². The minimum absolute atomic E-state index is 0.155. The van der Waals surface area contributed by atoms with E-state index in [0.717, 1.165) is 6.42 Å². The Labute approximate surface area is 111 Å². The number of halogens is 1. The van der Waals surface area contributed by atoms with Crippen molar-refractivity contribution in [2.24, 2.45) is 11.8 Å². The summed E-state index contributed by atoms with van der Waals surface area (Å²) in [5.41, 5.74) is 1.26. The van der Waals surface area contributed by atoms with Crippen LogP contribution >= 0.6 is 22.6 Å². The molecule has 1 nitrogen and oxygen atoms in total. The van der Waals surface area contributed by atoms with Crippen molar-refractivity contribution >= 4 is 22.6 Å². The minimum Gasteiger partial charge on any atom is -0.392 e. The summed E-state index contributed by atoms with van der Waals surface area (Å²) in [6, 6.07) is 8.48. The van der Waals surface area contributed by atoms with Gasteiger partial charge in [0.1, 0.15) is 0 Å². The van der Waals surface area contributed by atoms with E-state index in [1.54, 1.807) is 0 Å². The first-order valence-corrected chi connectivity index (χ1v) is 7.17. The van der Waals surface area contributed by atoms with Gasteiger partial charge in [-0.25, -0.2) is 0 Å². The second kappa shape index (κ2) is 5.50. The maximum atomic E-state index is 10.2. The third-order valence-corrected chi connectivity index (χ3v) is 4.50. The molecule has 0 aliphatic heterocycles. The molecule has 3 atom stereocenters. The normalized spacial score (nSPS) is 26.9. The van der Waals surface area contributed by atoms with E-state index in [-0.39, 0.29) is 6.10 Å². The lowest BCUT2D eigenvalue weighted by Crippen LogP contribution is -2.24. The predicted octanol–water partition coefficient (Wildman–Crippen LogP) is 3.63. The smallest absolute Gasteiger partial charge is 0.0611 e. The number of hydrogen-bond donors (Lipinski definition) is 1. The van der Waals surface area contributed by atoms with Gasteiger partial charge in [0.2, 0.25) is 0 Å². The Kier molecular flexibility index (Phi) is 4.25. The van der Waals surface area contributed by atoms with Crippen molar-refractivity contribution in [2.75, 3.05) is 0 Å². The van der Waals surface area contributed by atoms with Gasteiger partial charge in [0, 0.05) is 3.57 Å². The van der Waals surface area contributed by atoms with E-state index in [9.17, 15) is 5.11 Å². The van der Waals surface area contributed by atoms with Gasteiger partial charge in [0.15, 0.2) is 0 Å². The summed E-state index contributed by atoms with van der Waals surface area (Å²) in [6.45, 7) is 2.27. The molecule has 2 heteroatoms. The molecule has 1 aliphatic carbocycles. The Balaban J connectivity index is 1.96. The first-order valence-electron chi connectivity index (χ1n) is 6.09. The van der Waals surface area contributed by atoms with Gasteiger partial charge in [-0.1, -0.05) is 31.9 Å². The molecule has 1 aromatic rings. The van der Waals surface area contributed by atoms with E-state index in [2.05, 4.69) is 53.8 Å². The van der Waals surface area contributed by atoms with Crippen LogP contribution in [0.2, 0.25) is 0 Å². The molecular formula is C14H19IO. The van der Waals surface area contributed by atoms with Crippen molar-refractivity contribution < 1.29 is 5.11 Å². The minimum atomic E-state index is -0.155. The molecule has 2 rings (SSSR count). The highest BCUT2D eigenvalue weighted by atomic mass is 127. The molecule has 0 radical (unpaired) electrons. The Morgan fingerprint density at radius 1 is 1.31 bits per heavy atom. The molecule has 1 N–H and O–H groups in total. The lowest BCUT2D eigenvalue weighted by molar-refractivity contribution is 0.0902. The molecule has 0 amide bonds. The molecule has 1 aliphatic rings. The SMILES string of the molecule is CC1CCCC1C(O)Cc1ccc(I)cc1. The number of aliphatic hydroxyl groups excluding tert-OH is 1. The Bertz CT molecular complexity index is 333. The zero-order valence-corrected chi connectivity index (χ0v) is 11.9. The topological polar surface area (TPSA) is 20.2 Å². The van der Waals surface area contributed by atoms with Crippen LogP contribution in [-0.4, -0.2) is 11.2 Å². The van der Waals surface area contributed by atoms with E-state index in [1.165, 1.54) is 28.4 Å². The van der Waals surface area contributed by atoms with E-state index in [4.69, 9.17) is 0 Å². The first-order chi connectivity index (χ1) is 7.66. The fourth-order valence-corrected chi connectivity index (χ4v) is 3.12. The lowest BCUT2D eigenvalue weighted by atomic mass is 9.89. The van der Waals surface area contributed by atoms with Crippen LogP contribution in [-0.2, 0) is 6.42 Å². The predicted molar refractivity (Wildman–Crippen MR) is 75.4 cm³/mol. The van der Waals surface area contributed by atoms with Crippen molar-refractivity contribution in [1.82, 2.24) is 0 Å². The number of aliphatic hydroxyl groups is 1.